The molecular weight excluding hydrogens is 469 g/mol. The third kappa shape index (κ3) is 10.8. The van der Waals surface area contributed by atoms with Crippen LogP contribution >= 0.6 is 24.0 Å². The van der Waals surface area contributed by atoms with Crippen molar-refractivity contribution in [1.29, 1.82) is 0 Å². The zero-order valence-corrected chi connectivity index (χ0v) is 21.0. The molecule has 1 unspecified atom stereocenters. The van der Waals surface area contributed by atoms with Crippen molar-refractivity contribution in [3.8, 4) is 0 Å². The highest BCUT2D eigenvalue weighted by Gasteiger charge is 2.21. The summed E-state index contributed by atoms with van der Waals surface area (Å²) in [6, 6.07) is 0.192. The Morgan fingerprint density at radius 2 is 1.75 bits per heavy atom. The number of hydrogen-bond acceptors (Lipinski definition) is 4. The third-order valence-electron chi connectivity index (χ3n) is 4.62. The van der Waals surface area contributed by atoms with Gasteiger partial charge in [-0.3, -0.25) is 14.7 Å². The molecule has 2 N–H and O–H groups in total. The fraction of sp³-hybridized carbons (Fsp3) is 0.900. The number of aliphatic imine (C=N–C) groups is 1. The Morgan fingerprint density at radius 1 is 1.11 bits per heavy atom. The first-order valence-electron chi connectivity index (χ1n) is 10.5. The molecule has 1 heterocycles. The quantitative estimate of drug-likeness (QED) is 0.267. The first-order valence-corrected chi connectivity index (χ1v) is 10.5. The molecule has 0 spiro atoms. The van der Waals surface area contributed by atoms with Gasteiger partial charge in [-0.1, -0.05) is 13.8 Å². The zero-order chi connectivity index (χ0) is 20.2. The molecular formula is C20H42IN5O2. The minimum absolute atomic E-state index is 0. The molecule has 1 fully saturated rings. The maximum atomic E-state index is 11.9. The molecule has 166 valence electrons. The molecule has 0 aromatic carbocycles. The van der Waals surface area contributed by atoms with E-state index in [1.165, 1.54) is 0 Å². The van der Waals surface area contributed by atoms with E-state index in [1.807, 2.05) is 20.8 Å². The minimum Gasteiger partial charge on any atom is -0.378 e. The second-order valence-electron chi connectivity index (χ2n) is 7.75. The summed E-state index contributed by atoms with van der Waals surface area (Å²) in [4.78, 5) is 21.3. The van der Waals surface area contributed by atoms with Crippen molar-refractivity contribution in [2.45, 2.75) is 60.1 Å². The molecule has 1 rings (SSSR count). The van der Waals surface area contributed by atoms with Gasteiger partial charge in [-0.2, -0.15) is 0 Å². The van der Waals surface area contributed by atoms with Gasteiger partial charge < -0.3 is 20.3 Å². The fourth-order valence-electron chi connectivity index (χ4n) is 3.24. The Bertz CT molecular complexity index is 452. The highest BCUT2D eigenvalue weighted by molar-refractivity contribution is 14.0. The van der Waals surface area contributed by atoms with Gasteiger partial charge >= 0.3 is 0 Å². The molecule has 0 saturated carbocycles. The zero-order valence-electron chi connectivity index (χ0n) is 18.7. The highest BCUT2D eigenvalue weighted by Crippen LogP contribution is 2.11. The monoisotopic (exact) mass is 511 g/mol. The molecule has 0 bridgehead atoms. The Balaban J connectivity index is 0.00000729. The molecule has 1 aliphatic heterocycles. The van der Waals surface area contributed by atoms with E-state index in [0.29, 0.717) is 12.5 Å². The predicted octanol–water partition coefficient (Wildman–Crippen LogP) is 2.16. The van der Waals surface area contributed by atoms with Crippen molar-refractivity contribution in [1.82, 2.24) is 20.4 Å². The molecule has 0 aliphatic carbocycles. The van der Waals surface area contributed by atoms with Gasteiger partial charge in [0.05, 0.1) is 12.6 Å². The lowest BCUT2D eigenvalue weighted by atomic mass is 10.0. The van der Waals surface area contributed by atoms with Crippen LogP contribution in [0, 0.1) is 5.92 Å². The topological polar surface area (TPSA) is 69.2 Å². The van der Waals surface area contributed by atoms with Crippen LogP contribution in [-0.2, 0) is 9.53 Å². The number of hydrogen-bond donors (Lipinski definition) is 2. The van der Waals surface area contributed by atoms with Crippen molar-refractivity contribution in [3.63, 3.8) is 0 Å². The SMILES string of the molecule is CCNC(=NCCC(OCC)C(C)C)N1CCN(CC(=O)NC(C)C)CC1.I. The number of nitrogens with zero attached hydrogens (tertiary/aromatic N) is 3. The number of carbonyl (C=O) groups excluding carboxylic acids is 1. The van der Waals surface area contributed by atoms with E-state index in [9.17, 15) is 4.79 Å². The Labute approximate surface area is 189 Å². The maximum Gasteiger partial charge on any atom is 0.234 e. The van der Waals surface area contributed by atoms with Crippen molar-refractivity contribution in [3.05, 3.63) is 0 Å². The van der Waals surface area contributed by atoms with Gasteiger partial charge in [0.2, 0.25) is 5.91 Å². The number of ether oxygens (including phenoxy) is 1. The van der Waals surface area contributed by atoms with Gasteiger partial charge in [0.15, 0.2) is 5.96 Å². The van der Waals surface area contributed by atoms with Gasteiger partial charge in [0, 0.05) is 51.9 Å². The van der Waals surface area contributed by atoms with Crippen molar-refractivity contribution in [2.75, 3.05) is 52.4 Å². The summed E-state index contributed by atoms with van der Waals surface area (Å²) < 4.78 is 5.82. The predicted molar refractivity (Wildman–Crippen MR) is 128 cm³/mol. The lowest BCUT2D eigenvalue weighted by Crippen LogP contribution is -2.54. The molecule has 1 saturated heterocycles. The van der Waals surface area contributed by atoms with Crippen LogP contribution in [0.3, 0.4) is 0 Å². The van der Waals surface area contributed by atoms with Crippen LogP contribution in [0.2, 0.25) is 0 Å². The van der Waals surface area contributed by atoms with E-state index >= 15 is 0 Å². The van der Waals surface area contributed by atoms with Crippen molar-refractivity contribution >= 4 is 35.8 Å². The van der Waals surface area contributed by atoms with Gasteiger partial charge in [-0.15, -0.1) is 24.0 Å². The summed E-state index contributed by atoms with van der Waals surface area (Å²) in [5, 5.41) is 6.37. The average molecular weight is 511 g/mol. The van der Waals surface area contributed by atoms with E-state index in [2.05, 4.69) is 41.2 Å². The van der Waals surface area contributed by atoms with E-state index in [1.54, 1.807) is 0 Å². The number of halogens is 1. The molecule has 0 aromatic rings. The number of carbonyl (C=O) groups is 1. The lowest BCUT2D eigenvalue weighted by molar-refractivity contribution is -0.123. The molecule has 8 heteroatoms. The van der Waals surface area contributed by atoms with Crippen LogP contribution in [0.4, 0.5) is 0 Å². The molecule has 28 heavy (non-hydrogen) atoms. The van der Waals surface area contributed by atoms with E-state index in [0.717, 1.165) is 58.3 Å². The summed E-state index contributed by atoms with van der Waals surface area (Å²) >= 11 is 0. The molecule has 7 nitrogen and oxygen atoms in total. The van der Waals surface area contributed by atoms with Crippen LogP contribution in [0.25, 0.3) is 0 Å². The Kier molecular flexibility index (Phi) is 14.9. The number of amides is 1. The van der Waals surface area contributed by atoms with E-state index in [-0.39, 0.29) is 42.0 Å². The van der Waals surface area contributed by atoms with E-state index < -0.39 is 0 Å². The summed E-state index contributed by atoms with van der Waals surface area (Å²) in [5.74, 6) is 1.58. The van der Waals surface area contributed by atoms with Crippen LogP contribution < -0.4 is 10.6 Å². The molecule has 0 aromatic heterocycles. The fourth-order valence-corrected chi connectivity index (χ4v) is 3.24. The van der Waals surface area contributed by atoms with Gasteiger partial charge in [0.1, 0.15) is 0 Å². The summed E-state index contributed by atoms with van der Waals surface area (Å²) in [7, 11) is 0. The molecule has 0 radical (unpaired) electrons. The highest BCUT2D eigenvalue weighted by atomic mass is 127. The minimum atomic E-state index is 0. The summed E-state index contributed by atoms with van der Waals surface area (Å²) in [6.07, 6.45) is 1.20. The molecule has 1 atom stereocenters. The summed E-state index contributed by atoms with van der Waals surface area (Å²) in [6.45, 7) is 18.9. The Morgan fingerprint density at radius 3 is 2.25 bits per heavy atom. The second kappa shape index (κ2) is 15.3. The summed E-state index contributed by atoms with van der Waals surface area (Å²) in [5.41, 5.74) is 0. The second-order valence-corrected chi connectivity index (χ2v) is 7.75. The van der Waals surface area contributed by atoms with E-state index in [4.69, 9.17) is 9.73 Å². The number of rotatable bonds is 10. The first kappa shape index (κ1) is 27.4. The van der Waals surface area contributed by atoms with Crippen LogP contribution in [0.15, 0.2) is 4.99 Å². The van der Waals surface area contributed by atoms with Crippen LogP contribution in [0.1, 0.15) is 48.0 Å². The van der Waals surface area contributed by atoms with Crippen molar-refractivity contribution < 1.29 is 9.53 Å². The average Bonchev–Trinajstić information content (AvgIpc) is 2.60. The largest absolute Gasteiger partial charge is 0.378 e. The van der Waals surface area contributed by atoms with Crippen LogP contribution in [-0.4, -0.2) is 86.2 Å². The third-order valence-corrected chi connectivity index (χ3v) is 4.62. The van der Waals surface area contributed by atoms with Crippen LogP contribution in [0.5, 0.6) is 0 Å². The molecule has 1 aliphatic rings. The smallest absolute Gasteiger partial charge is 0.234 e. The molecule has 1 amide bonds. The Hall–Kier alpha value is -0.610. The van der Waals surface area contributed by atoms with Gasteiger partial charge in [0.25, 0.3) is 0 Å². The normalized spacial score (nSPS) is 16.9. The first-order chi connectivity index (χ1) is 12.9. The lowest BCUT2D eigenvalue weighted by Gasteiger charge is -2.36. The maximum absolute atomic E-state index is 11.9. The number of nitrogens with one attached hydrogen (secondary N) is 2. The number of guanidine groups is 1. The number of piperazine rings is 1. The van der Waals surface area contributed by atoms with Crippen molar-refractivity contribution in [2.24, 2.45) is 10.9 Å². The standard InChI is InChI=1S/C20H41N5O2.HI/c1-7-21-20(22-10-9-18(16(3)4)27-8-2)25-13-11-24(12-14-25)15-19(26)23-17(5)6;/h16-18H,7-15H2,1-6H3,(H,21,22)(H,23,26);1H. The van der Waals surface area contributed by atoms with Gasteiger partial charge in [-0.25, -0.2) is 0 Å². The van der Waals surface area contributed by atoms with Gasteiger partial charge in [-0.05, 0) is 40.0 Å².